The van der Waals surface area contributed by atoms with Crippen LogP contribution in [0.25, 0.3) is 17.0 Å². The average molecular weight is 479 g/mol. The van der Waals surface area contributed by atoms with E-state index in [1.54, 1.807) is 39.8 Å². The highest BCUT2D eigenvalue weighted by molar-refractivity contribution is 7.79. The molecule has 0 amide bonds. The zero-order valence-corrected chi connectivity index (χ0v) is 19.8. The minimum atomic E-state index is -4.12. The molecule has 166 valence electrons. The second-order valence-corrected chi connectivity index (χ2v) is 10.6. The maximum absolute atomic E-state index is 13.5. The van der Waals surface area contributed by atoms with Crippen molar-refractivity contribution >= 4 is 43.8 Å². The Morgan fingerprint density at radius 3 is 1.93 bits per heavy atom. The second-order valence-electron chi connectivity index (χ2n) is 5.83. The van der Waals surface area contributed by atoms with Crippen LogP contribution in [-0.2, 0) is 27.2 Å². The summed E-state index contributed by atoms with van der Waals surface area (Å²) in [5.74, 6) is 0. The van der Waals surface area contributed by atoms with Crippen molar-refractivity contribution in [3.8, 4) is 0 Å². The van der Waals surface area contributed by atoms with Crippen LogP contribution in [0.5, 0.6) is 0 Å². The van der Waals surface area contributed by atoms with Crippen molar-refractivity contribution in [3.05, 3.63) is 50.3 Å². The van der Waals surface area contributed by atoms with Gasteiger partial charge in [0.15, 0.2) is 10.5 Å². The van der Waals surface area contributed by atoms with E-state index in [-0.39, 0.29) is 42.4 Å². The largest absolute Gasteiger partial charge is 0.463 e. The fourth-order valence-corrected chi connectivity index (χ4v) is 7.38. The molecule has 0 aliphatic rings. The summed E-state index contributed by atoms with van der Waals surface area (Å²) in [4.78, 5) is 13.0. The molecule has 8 nitrogen and oxygen atoms in total. The molecule has 2 aromatic rings. The average Bonchev–Trinajstić information content (AvgIpc) is 2.68. The van der Waals surface area contributed by atoms with Crippen molar-refractivity contribution in [1.29, 1.82) is 0 Å². The summed E-state index contributed by atoms with van der Waals surface area (Å²) >= 11 is 5.99. The van der Waals surface area contributed by atoms with Gasteiger partial charge in [-0.05, 0) is 52.0 Å². The zero-order valence-electron chi connectivity index (χ0n) is 17.3. The number of fused-ring (bicyclic) bond motifs is 1. The van der Waals surface area contributed by atoms with E-state index in [1.807, 2.05) is 0 Å². The quantitative estimate of drug-likeness (QED) is 0.348. The van der Waals surface area contributed by atoms with Gasteiger partial charge in [0.05, 0.1) is 37.4 Å². The fraction of sp³-hybridized carbons (Fsp3) is 0.421. The molecule has 1 aromatic heterocycles. The van der Waals surface area contributed by atoms with Gasteiger partial charge in [0.2, 0.25) is 0 Å². The molecular weight excluding hydrogens is 454 g/mol. The molecule has 0 aliphatic carbocycles. The van der Waals surface area contributed by atoms with Crippen LogP contribution in [0.4, 0.5) is 0 Å². The van der Waals surface area contributed by atoms with E-state index in [0.717, 1.165) is 6.08 Å². The van der Waals surface area contributed by atoms with Crippen molar-refractivity contribution in [2.45, 2.75) is 27.7 Å². The topological polar surface area (TPSA) is 101 Å². The minimum absolute atomic E-state index is 0.00873. The number of benzene rings is 1. The first-order chi connectivity index (χ1) is 14.2. The molecule has 0 bridgehead atoms. The van der Waals surface area contributed by atoms with Gasteiger partial charge in [-0.15, -0.1) is 0 Å². The van der Waals surface area contributed by atoms with E-state index >= 15 is 0 Å². The molecule has 0 atom stereocenters. The maximum Gasteiger partial charge on any atom is 0.369 e. The zero-order chi connectivity index (χ0) is 22.4. The number of halogens is 1. The Balaban J connectivity index is 2.82. The van der Waals surface area contributed by atoms with Crippen LogP contribution in [0.1, 0.15) is 33.3 Å². The first-order valence-corrected chi connectivity index (χ1v) is 12.9. The molecule has 30 heavy (non-hydrogen) atoms. The van der Waals surface area contributed by atoms with Gasteiger partial charge in [0.1, 0.15) is 11.8 Å². The highest BCUT2D eigenvalue weighted by Gasteiger charge is 2.45. The van der Waals surface area contributed by atoms with Crippen molar-refractivity contribution in [2.75, 3.05) is 26.4 Å². The minimum Gasteiger partial charge on any atom is -0.463 e. The monoisotopic (exact) mass is 478 g/mol. The Kier molecular flexibility index (Phi) is 9.07. The van der Waals surface area contributed by atoms with Gasteiger partial charge in [0.25, 0.3) is 0 Å². The molecule has 0 aliphatic heterocycles. The normalized spacial score (nSPS) is 12.3. The summed E-state index contributed by atoms with van der Waals surface area (Å²) < 4.78 is 54.1. The van der Waals surface area contributed by atoms with Gasteiger partial charge in [-0.2, -0.15) is 0 Å². The molecule has 0 radical (unpaired) electrons. The third-order valence-electron chi connectivity index (χ3n) is 3.80. The van der Waals surface area contributed by atoms with Crippen molar-refractivity contribution in [1.82, 2.24) is 0 Å². The standard InChI is InChI=1S/C19H25ClO8P2/c1-5-25-29(22,26-6-2)18(30(23,27-7-3)28-8-4)11-14-13-24-17-10-9-15(20)12-16(17)19(14)21/h9-13H,5-8H2,1-4H3. The molecule has 0 unspecified atom stereocenters. The summed E-state index contributed by atoms with van der Waals surface area (Å²) in [5.41, 5.74) is -0.173. The molecule has 0 saturated carbocycles. The van der Waals surface area contributed by atoms with Crippen LogP contribution in [0.15, 0.2) is 38.7 Å². The predicted molar refractivity (Wildman–Crippen MR) is 117 cm³/mol. The molecule has 0 N–H and O–H groups in total. The van der Waals surface area contributed by atoms with Gasteiger partial charge in [-0.1, -0.05) is 11.6 Å². The van der Waals surface area contributed by atoms with Gasteiger partial charge in [-0.25, -0.2) is 0 Å². The van der Waals surface area contributed by atoms with Crippen LogP contribution >= 0.6 is 26.8 Å². The molecule has 1 heterocycles. The first kappa shape index (κ1) is 25.0. The van der Waals surface area contributed by atoms with Crippen molar-refractivity contribution < 1.29 is 31.6 Å². The molecule has 0 saturated heterocycles. The first-order valence-electron chi connectivity index (χ1n) is 9.46. The van der Waals surface area contributed by atoms with Gasteiger partial charge in [0, 0.05) is 5.02 Å². The number of hydrogen-bond acceptors (Lipinski definition) is 8. The summed E-state index contributed by atoms with van der Waals surface area (Å²) in [5, 5.41) is 0.191. The lowest BCUT2D eigenvalue weighted by Crippen LogP contribution is -2.08. The molecular formula is C19H25ClO8P2. The second kappa shape index (κ2) is 10.9. The Morgan fingerprint density at radius 1 is 0.967 bits per heavy atom. The lowest BCUT2D eigenvalue weighted by atomic mass is 10.2. The summed E-state index contributed by atoms with van der Waals surface area (Å²) in [6, 6.07) is 4.60. The van der Waals surface area contributed by atoms with E-state index in [2.05, 4.69) is 0 Å². The highest BCUT2D eigenvalue weighted by atomic mass is 35.5. The third kappa shape index (κ3) is 5.51. The summed E-state index contributed by atoms with van der Waals surface area (Å²) in [7, 11) is -8.25. The van der Waals surface area contributed by atoms with Crippen LogP contribution in [0, 0.1) is 0 Å². The Labute approximate surface area is 180 Å². The van der Waals surface area contributed by atoms with Crippen LogP contribution in [0.3, 0.4) is 0 Å². The Morgan fingerprint density at radius 2 is 1.47 bits per heavy atom. The van der Waals surface area contributed by atoms with E-state index in [4.69, 9.17) is 34.1 Å². The summed E-state index contributed by atoms with van der Waals surface area (Å²) in [6.45, 7) is 6.49. The SMILES string of the molecule is CCOP(=O)(OCC)C(=Cc1coc2ccc(Cl)cc2c1=O)P(=O)(OCC)OCC. The van der Waals surface area contributed by atoms with Gasteiger partial charge >= 0.3 is 15.2 Å². The lowest BCUT2D eigenvalue weighted by molar-refractivity contribution is 0.214. The molecule has 2 rings (SSSR count). The fourth-order valence-electron chi connectivity index (χ4n) is 2.68. The van der Waals surface area contributed by atoms with E-state index in [9.17, 15) is 13.9 Å². The molecule has 0 fully saturated rings. The van der Waals surface area contributed by atoms with Crippen molar-refractivity contribution in [3.63, 3.8) is 0 Å². The van der Waals surface area contributed by atoms with E-state index < -0.39 is 20.6 Å². The number of rotatable bonds is 11. The molecule has 11 heteroatoms. The van der Waals surface area contributed by atoms with Crippen LogP contribution in [-0.4, -0.2) is 26.4 Å². The number of hydrogen-bond donors (Lipinski definition) is 0. The van der Waals surface area contributed by atoms with E-state index in [0.29, 0.717) is 10.6 Å². The van der Waals surface area contributed by atoms with Crippen LogP contribution in [0.2, 0.25) is 5.02 Å². The van der Waals surface area contributed by atoms with Gasteiger partial charge < -0.3 is 22.5 Å². The van der Waals surface area contributed by atoms with Crippen molar-refractivity contribution in [2.24, 2.45) is 0 Å². The lowest BCUT2D eigenvalue weighted by Gasteiger charge is -2.25. The van der Waals surface area contributed by atoms with Gasteiger partial charge in [-0.3, -0.25) is 13.9 Å². The van der Waals surface area contributed by atoms with Crippen LogP contribution < -0.4 is 5.43 Å². The van der Waals surface area contributed by atoms with E-state index in [1.165, 1.54) is 12.3 Å². The maximum atomic E-state index is 13.5. The third-order valence-corrected chi connectivity index (χ3v) is 9.28. The smallest absolute Gasteiger partial charge is 0.369 e. The summed E-state index contributed by atoms with van der Waals surface area (Å²) in [6.07, 6.45) is 2.31. The Bertz CT molecular complexity index is 1010. The highest BCUT2D eigenvalue weighted by Crippen LogP contribution is 2.74. The molecule has 0 spiro atoms. The predicted octanol–water partition coefficient (Wildman–Crippen LogP) is 6.28. The molecule has 1 aromatic carbocycles. The Hall–Kier alpha value is -1.24.